The van der Waals surface area contributed by atoms with Gasteiger partial charge < -0.3 is 25.3 Å². The number of benzene rings is 3. The van der Waals surface area contributed by atoms with Gasteiger partial charge in [0.15, 0.2) is 0 Å². The molecule has 194 valence electrons. The van der Waals surface area contributed by atoms with Crippen molar-refractivity contribution >= 4 is 34.5 Å². The van der Waals surface area contributed by atoms with E-state index in [1.807, 2.05) is 66.7 Å². The molecule has 0 aliphatic carbocycles. The van der Waals surface area contributed by atoms with Crippen molar-refractivity contribution in [3.63, 3.8) is 0 Å². The number of carbonyl (C=O) groups excluding carboxylic acids is 1. The van der Waals surface area contributed by atoms with E-state index in [1.54, 1.807) is 18.2 Å². The Labute approximate surface area is 223 Å². The molecular formula is C30H24N4O5. The lowest BCUT2D eigenvalue weighted by atomic mass is 9.98. The molecule has 39 heavy (non-hydrogen) atoms. The topological polar surface area (TPSA) is 138 Å². The highest BCUT2D eigenvalue weighted by molar-refractivity contribution is 6.07. The molecule has 5 aromatic rings. The number of fused-ring (bicyclic) bond motifs is 1. The smallest absolute Gasteiger partial charge is 0.328 e. The fraction of sp³-hybridized carbons (Fsp3) is 0.0667. The Morgan fingerprint density at radius 3 is 2.33 bits per heavy atom. The van der Waals surface area contributed by atoms with Crippen LogP contribution in [0.5, 0.6) is 0 Å². The molecule has 0 radical (unpaired) electrons. The van der Waals surface area contributed by atoms with Crippen molar-refractivity contribution in [3.05, 3.63) is 109 Å². The molecule has 2 aromatic heterocycles. The van der Waals surface area contributed by atoms with Gasteiger partial charge in [0, 0.05) is 29.0 Å². The Bertz CT molecular complexity index is 1650. The number of rotatable bonds is 9. The number of hydrogen-bond donors (Lipinski definition) is 4. The second-order valence-electron chi connectivity index (χ2n) is 8.61. The van der Waals surface area contributed by atoms with Crippen molar-refractivity contribution in [3.8, 4) is 22.5 Å². The molecular weight excluding hydrogens is 496 g/mol. The number of carboxylic acids is 1. The van der Waals surface area contributed by atoms with Crippen molar-refractivity contribution in [2.45, 2.75) is 6.04 Å². The molecule has 0 spiro atoms. The summed E-state index contributed by atoms with van der Waals surface area (Å²) < 4.78 is 6.27. The number of hydrogen-bond acceptors (Lipinski definition) is 7. The van der Waals surface area contributed by atoms with E-state index in [0.29, 0.717) is 39.5 Å². The first-order valence-corrected chi connectivity index (χ1v) is 12.1. The number of nitrogens with zero attached hydrogens (tertiary/aromatic N) is 2. The molecule has 3 aromatic carbocycles. The summed E-state index contributed by atoms with van der Waals surface area (Å²) in [5.41, 5.74) is 3.93. The highest BCUT2D eigenvalue weighted by Crippen LogP contribution is 2.43. The maximum atomic E-state index is 12.2. The van der Waals surface area contributed by atoms with E-state index in [-0.39, 0.29) is 6.61 Å². The maximum absolute atomic E-state index is 12.2. The van der Waals surface area contributed by atoms with Crippen LogP contribution in [0, 0.1) is 0 Å². The molecule has 9 nitrogen and oxygen atoms in total. The number of amides is 1. The normalized spacial score (nSPS) is 11.9. The number of carboxylic acid groups (broad SMARTS) is 1. The lowest BCUT2D eigenvalue weighted by molar-refractivity contribution is -0.131. The summed E-state index contributed by atoms with van der Waals surface area (Å²) in [7, 11) is 0. The quantitative estimate of drug-likeness (QED) is 0.193. The molecule has 9 heteroatoms. The molecule has 5 rings (SSSR count). The molecule has 0 saturated heterocycles. The number of aromatic nitrogens is 2. The monoisotopic (exact) mass is 520 g/mol. The lowest BCUT2D eigenvalue weighted by Gasteiger charge is -2.18. The number of aliphatic carboxylic acids is 1. The molecule has 0 unspecified atom stereocenters. The van der Waals surface area contributed by atoms with E-state index in [1.165, 1.54) is 6.33 Å². The standard InChI is InChI=1S/C30H24N4O5/c35-17-23(19-8-3-1-4-9-19)34-29-27-26(21-12-7-13-22(16-21)33-24(36)14-15-25(37)38)28(20-10-5-2-6-11-20)39-30(27)32-18-31-29/h1-16,18,23,35H,17H2,(H,33,36)(H,37,38)(H,31,32,34)/b15-14+/t23-/m1/s1. The summed E-state index contributed by atoms with van der Waals surface area (Å²) >= 11 is 0. The third-order valence-electron chi connectivity index (χ3n) is 6.02. The van der Waals surface area contributed by atoms with Gasteiger partial charge in [-0.2, -0.15) is 0 Å². The molecule has 4 N–H and O–H groups in total. The Morgan fingerprint density at radius 2 is 1.62 bits per heavy atom. The number of aliphatic hydroxyl groups excluding tert-OH is 1. The van der Waals surface area contributed by atoms with Crippen LogP contribution in [0.25, 0.3) is 33.6 Å². The second kappa shape index (κ2) is 11.4. The Morgan fingerprint density at radius 1 is 0.897 bits per heavy atom. The third kappa shape index (κ3) is 5.68. The molecule has 0 fully saturated rings. The molecule has 1 amide bonds. The molecule has 0 aliphatic rings. The number of aliphatic hydroxyl groups is 1. The van der Waals surface area contributed by atoms with Crippen LogP contribution in [0.4, 0.5) is 11.5 Å². The number of carbonyl (C=O) groups is 2. The van der Waals surface area contributed by atoms with Crippen LogP contribution in [0.1, 0.15) is 11.6 Å². The van der Waals surface area contributed by atoms with Gasteiger partial charge in [0.1, 0.15) is 17.9 Å². The van der Waals surface area contributed by atoms with Crippen LogP contribution in [0.15, 0.2) is 108 Å². The summed E-state index contributed by atoms with van der Waals surface area (Å²) in [4.78, 5) is 31.9. The van der Waals surface area contributed by atoms with Gasteiger partial charge in [-0.05, 0) is 23.3 Å². The molecule has 0 aliphatic heterocycles. The minimum atomic E-state index is -1.21. The van der Waals surface area contributed by atoms with Crippen LogP contribution < -0.4 is 10.6 Å². The van der Waals surface area contributed by atoms with Gasteiger partial charge in [0.05, 0.1) is 18.0 Å². The third-order valence-corrected chi connectivity index (χ3v) is 6.02. The molecule has 1 atom stereocenters. The zero-order chi connectivity index (χ0) is 27.2. The second-order valence-corrected chi connectivity index (χ2v) is 8.61. The largest absolute Gasteiger partial charge is 0.478 e. The van der Waals surface area contributed by atoms with E-state index >= 15 is 0 Å². The average Bonchev–Trinajstić information content (AvgIpc) is 3.36. The van der Waals surface area contributed by atoms with Crippen molar-refractivity contribution in [2.24, 2.45) is 0 Å². The summed E-state index contributed by atoms with van der Waals surface area (Å²) in [6, 6.07) is 25.8. The number of nitrogens with one attached hydrogen (secondary N) is 2. The highest BCUT2D eigenvalue weighted by Gasteiger charge is 2.24. The highest BCUT2D eigenvalue weighted by atomic mass is 16.4. The first-order valence-electron chi connectivity index (χ1n) is 12.1. The van der Waals surface area contributed by atoms with E-state index in [2.05, 4.69) is 20.6 Å². The van der Waals surface area contributed by atoms with E-state index in [9.17, 15) is 14.7 Å². The van der Waals surface area contributed by atoms with Crippen molar-refractivity contribution in [1.29, 1.82) is 0 Å². The van der Waals surface area contributed by atoms with Gasteiger partial charge in [-0.3, -0.25) is 4.79 Å². The Hall–Kier alpha value is -5.28. The average molecular weight is 521 g/mol. The van der Waals surface area contributed by atoms with Gasteiger partial charge >= 0.3 is 5.97 Å². The van der Waals surface area contributed by atoms with Gasteiger partial charge in [-0.25, -0.2) is 14.8 Å². The molecule has 2 heterocycles. The van der Waals surface area contributed by atoms with Crippen LogP contribution in [-0.4, -0.2) is 38.7 Å². The number of furan rings is 1. The van der Waals surface area contributed by atoms with Crippen LogP contribution in [0.2, 0.25) is 0 Å². The first-order chi connectivity index (χ1) is 19.0. The van der Waals surface area contributed by atoms with E-state index < -0.39 is 17.9 Å². The fourth-order valence-electron chi connectivity index (χ4n) is 4.28. The first kappa shape index (κ1) is 25.4. The summed E-state index contributed by atoms with van der Waals surface area (Å²) in [6.45, 7) is -0.167. The minimum absolute atomic E-state index is 0.167. The van der Waals surface area contributed by atoms with Crippen LogP contribution in [0.3, 0.4) is 0 Å². The van der Waals surface area contributed by atoms with Crippen LogP contribution in [-0.2, 0) is 9.59 Å². The predicted molar refractivity (Wildman–Crippen MR) is 148 cm³/mol. The van der Waals surface area contributed by atoms with Gasteiger partial charge in [0.2, 0.25) is 11.6 Å². The van der Waals surface area contributed by atoms with Crippen molar-refractivity contribution < 1.29 is 24.2 Å². The van der Waals surface area contributed by atoms with Gasteiger partial charge in [0.25, 0.3) is 0 Å². The lowest BCUT2D eigenvalue weighted by Crippen LogP contribution is -2.15. The SMILES string of the molecule is O=C(O)/C=C/C(=O)Nc1cccc(-c2c(-c3ccccc3)oc3ncnc(N[C@H](CO)c4ccccc4)c23)c1. The van der Waals surface area contributed by atoms with Gasteiger partial charge in [-0.15, -0.1) is 0 Å². The molecule has 0 saturated carbocycles. The van der Waals surface area contributed by atoms with Crippen molar-refractivity contribution in [2.75, 3.05) is 17.2 Å². The Balaban J connectivity index is 1.64. The fourth-order valence-corrected chi connectivity index (χ4v) is 4.28. The van der Waals surface area contributed by atoms with E-state index in [4.69, 9.17) is 9.52 Å². The van der Waals surface area contributed by atoms with Gasteiger partial charge in [-0.1, -0.05) is 72.8 Å². The summed E-state index contributed by atoms with van der Waals surface area (Å²) in [5.74, 6) is -0.756. The Kier molecular flexibility index (Phi) is 7.42. The molecule has 0 bridgehead atoms. The van der Waals surface area contributed by atoms with Crippen LogP contribution >= 0.6 is 0 Å². The van der Waals surface area contributed by atoms with E-state index in [0.717, 1.165) is 23.3 Å². The predicted octanol–water partition coefficient (Wildman–Crippen LogP) is 5.28. The van der Waals surface area contributed by atoms with Crippen molar-refractivity contribution in [1.82, 2.24) is 9.97 Å². The number of anilines is 2. The maximum Gasteiger partial charge on any atom is 0.328 e. The zero-order valence-corrected chi connectivity index (χ0v) is 20.6. The summed E-state index contributed by atoms with van der Waals surface area (Å²) in [5, 5.41) is 25.6. The minimum Gasteiger partial charge on any atom is -0.478 e. The zero-order valence-electron chi connectivity index (χ0n) is 20.6. The summed E-state index contributed by atoms with van der Waals surface area (Å²) in [6.07, 6.45) is 3.12.